The lowest BCUT2D eigenvalue weighted by Crippen LogP contribution is -2.49. The summed E-state index contributed by atoms with van der Waals surface area (Å²) in [6.45, 7) is -0.311. The van der Waals surface area contributed by atoms with Gasteiger partial charge in [0.25, 0.3) is 5.91 Å². The largest absolute Gasteiger partial charge is 0.459 e. The van der Waals surface area contributed by atoms with E-state index < -0.39 is 17.9 Å². The van der Waals surface area contributed by atoms with Crippen molar-refractivity contribution in [1.29, 1.82) is 0 Å². The van der Waals surface area contributed by atoms with E-state index in [1.807, 2.05) is 30.3 Å². The number of anilines is 1. The van der Waals surface area contributed by atoms with Crippen LogP contribution in [0.4, 0.5) is 5.69 Å². The molecule has 0 spiro atoms. The number of hydrogen-bond donors (Lipinski definition) is 2. The van der Waals surface area contributed by atoms with Gasteiger partial charge in [-0.05, 0) is 42.7 Å². The van der Waals surface area contributed by atoms with Crippen LogP contribution in [0.1, 0.15) is 47.8 Å². The van der Waals surface area contributed by atoms with Crippen molar-refractivity contribution < 1.29 is 18.8 Å². The van der Waals surface area contributed by atoms with Gasteiger partial charge in [-0.25, -0.2) is 0 Å². The van der Waals surface area contributed by atoms with Crippen LogP contribution >= 0.6 is 0 Å². The summed E-state index contributed by atoms with van der Waals surface area (Å²) >= 11 is 0. The molecule has 2 heterocycles. The maximum absolute atomic E-state index is 13.5. The van der Waals surface area contributed by atoms with Gasteiger partial charge >= 0.3 is 0 Å². The van der Waals surface area contributed by atoms with E-state index in [2.05, 4.69) is 15.6 Å². The van der Waals surface area contributed by atoms with E-state index in [0.717, 1.165) is 25.7 Å². The third-order valence-electron chi connectivity index (χ3n) is 5.66. The molecule has 1 atom stereocenters. The van der Waals surface area contributed by atoms with Crippen molar-refractivity contribution in [3.63, 3.8) is 0 Å². The minimum atomic E-state index is -0.913. The van der Waals surface area contributed by atoms with Crippen LogP contribution in [-0.2, 0) is 9.59 Å². The molecule has 0 bridgehead atoms. The summed E-state index contributed by atoms with van der Waals surface area (Å²) < 4.78 is 5.09. The average Bonchev–Trinajstić information content (AvgIpc) is 3.56. The Labute approximate surface area is 192 Å². The molecular weight excluding hydrogens is 420 g/mol. The number of rotatable bonds is 8. The van der Waals surface area contributed by atoms with Gasteiger partial charge in [0.15, 0.2) is 5.76 Å². The van der Waals surface area contributed by atoms with Crippen molar-refractivity contribution in [2.24, 2.45) is 0 Å². The van der Waals surface area contributed by atoms with Crippen molar-refractivity contribution in [1.82, 2.24) is 15.6 Å². The zero-order chi connectivity index (χ0) is 23.0. The molecule has 1 aromatic carbocycles. The summed E-state index contributed by atoms with van der Waals surface area (Å²) in [7, 11) is 0. The summed E-state index contributed by atoms with van der Waals surface area (Å²) in [5.74, 6) is -1.11. The number of aromatic nitrogens is 1. The van der Waals surface area contributed by atoms with E-state index in [9.17, 15) is 14.4 Å². The van der Waals surface area contributed by atoms with Crippen molar-refractivity contribution >= 4 is 23.4 Å². The fourth-order valence-corrected chi connectivity index (χ4v) is 4.07. The summed E-state index contributed by atoms with van der Waals surface area (Å²) in [5, 5.41) is 5.69. The fraction of sp³-hybridized carbons (Fsp3) is 0.280. The maximum Gasteiger partial charge on any atom is 0.287 e. The molecule has 0 saturated heterocycles. The average molecular weight is 447 g/mol. The number of amides is 3. The molecule has 1 saturated carbocycles. The highest BCUT2D eigenvalue weighted by Gasteiger charge is 2.34. The third-order valence-corrected chi connectivity index (χ3v) is 5.66. The number of nitrogens with zero attached hydrogens (tertiary/aromatic N) is 2. The van der Waals surface area contributed by atoms with E-state index >= 15 is 0 Å². The third kappa shape index (κ3) is 5.46. The summed E-state index contributed by atoms with van der Waals surface area (Å²) in [5.41, 5.74) is 1.13. The van der Waals surface area contributed by atoms with Crippen LogP contribution in [0.3, 0.4) is 0 Å². The predicted octanol–water partition coefficient (Wildman–Crippen LogP) is 3.24. The van der Waals surface area contributed by atoms with E-state index in [-0.39, 0.29) is 24.3 Å². The summed E-state index contributed by atoms with van der Waals surface area (Å²) in [6, 6.07) is 14.9. The van der Waals surface area contributed by atoms with E-state index in [1.165, 1.54) is 23.4 Å². The Hall–Kier alpha value is -3.94. The van der Waals surface area contributed by atoms with Crippen LogP contribution in [0.15, 0.2) is 77.7 Å². The minimum Gasteiger partial charge on any atom is -0.459 e. The second kappa shape index (κ2) is 10.6. The first-order valence-corrected chi connectivity index (χ1v) is 11.0. The van der Waals surface area contributed by atoms with Crippen LogP contribution in [0, 0.1) is 0 Å². The molecule has 4 rings (SSSR count). The second-order valence-electron chi connectivity index (χ2n) is 7.94. The standard InChI is InChI=1S/C25H26N4O4/c30-22(17-27-24(31)21-13-7-15-33-21)29(20-12-6-14-26-16-20)23(18-8-2-1-3-9-18)25(32)28-19-10-4-5-11-19/h1-3,6-9,12-16,19,23H,4-5,10-11,17H2,(H,27,31)(H,28,32)/t23-/m0/s1. The van der Waals surface area contributed by atoms with Gasteiger partial charge in [-0.3, -0.25) is 24.3 Å². The molecule has 2 aromatic heterocycles. The highest BCUT2D eigenvalue weighted by Crippen LogP contribution is 2.28. The molecular formula is C25H26N4O4. The van der Waals surface area contributed by atoms with Gasteiger partial charge in [-0.1, -0.05) is 43.2 Å². The van der Waals surface area contributed by atoms with E-state index in [1.54, 1.807) is 24.4 Å². The molecule has 2 N–H and O–H groups in total. The molecule has 0 aliphatic heterocycles. The van der Waals surface area contributed by atoms with Gasteiger partial charge in [0, 0.05) is 12.2 Å². The van der Waals surface area contributed by atoms with Crippen LogP contribution in [0.25, 0.3) is 0 Å². The number of furan rings is 1. The molecule has 1 aliphatic carbocycles. The lowest BCUT2D eigenvalue weighted by Gasteiger charge is -2.32. The van der Waals surface area contributed by atoms with Crippen molar-refractivity contribution in [2.75, 3.05) is 11.4 Å². The van der Waals surface area contributed by atoms with E-state index in [0.29, 0.717) is 11.3 Å². The fourth-order valence-electron chi connectivity index (χ4n) is 4.07. The zero-order valence-electron chi connectivity index (χ0n) is 18.1. The Balaban J connectivity index is 1.63. The molecule has 0 radical (unpaired) electrons. The highest BCUT2D eigenvalue weighted by atomic mass is 16.3. The van der Waals surface area contributed by atoms with E-state index in [4.69, 9.17) is 4.42 Å². The van der Waals surface area contributed by atoms with Gasteiger partial charge in [0.05, 0.1) is 24.7 Å². The lowest BCUT2D eigenvalue weighted by molar-refractivity contribution is -0.126. The molecule has 170 valence electrons. The smallest absolute Gasteiger partial charge is 0.287 e. The van der Waals surface area contributed by atoms with Crippen LogP contribution in [0.5, 0.6) is 0 Å². The Morgan fingerprint density at radius 1 is 1.03 bits per heavy atom. The Morgan fingerprint density at radius 2 is 1.82 bits per heavy atom. The number of pyridine rings is 1. The monoisotopic (exact) mass is 446 g/mol. The molecule has 8 heteroatoms. The number of nitrogens with one attached hydrogen (secondary N) is 2. The van der Waals surface area contributed by atoms with Gasteiger partial charge in [0.2, 0.25) is 11.8 Å². The molecule has 3 aromatic rings. The zero-order valence-corrected chi connectivity index (χ0v) is 18.1. The first kappa shape index (κ1) is 22.3. The normalized spacial score (nSPS) is 14.4. The van der Waals surface area contributed by atoms with Crippen molar-refractivity contribution in [2.45, 2.75) is 37.8 Å². The van der Waals surface area contributed by atoms with Gasteiger partial charge in [0.1, 0.15) is 6.04 Å². The van der Waals surface area contributed by atoms with Gasteiger partial charge < -0.3 is 15.1 Å². The number of hydrogen-bond acceptors (Lipinski definition) is 5. The Kier molecular flexibility index (Phi) is 7.14. The molecule has 1 fully saturated rings. The molecule has 8 nitrogen and oxygen atoms in total. The van der Waals surface area contributed by atoms with Crippen molar-refractivity contribution in [3.8, 4) is 0 Å². The lowest BCUT2D eigenvalue weighted by atomic mass is 10.0. The Morgan fingerprint density at radius 3 is 2.48 bits per heavy atom. The second-order valence-corrected chi connectivity index (χ2v) is 7.94. The maximum atomic E-state index is 13.5. The first-order chi connectivity index (χ1) is 16.1. The topological polar surface area (TPSA) is 105 Å². The quantitative estimate of drug-likeness (QED) is 0.553. The van der Waals surface area contributed by atoms with Crippen LogP contribution in [-0.4, -0.2) is 35.3 Å². The molecule has 3 amide bonds. The molecule has 0 unspecified atom stereocenters. The summed E-state index contributed by atoms with van der Waals surface area (Å²) in [6.07, 6.45) is 8.51. The van der Waals surface area contributed by atoms with Crippen LogP contribution < -0.4 is 15.5 Å². The first-order valence-electron chi connectivity index (χ1n) is 11.0. The minimum absolute atomic E-state index is 0.0909. The van der Waals surface area contributed by atoms with Crippen LogP contribution in [0.2, 0.25) is 0 Å². The highest BCUT2D eigenvalue weighted by molar-refractivity contribution is 6.04. The SMILES string of the molecule is O=C(NCC(=O)N(c1cccnc1)[C@H](C(=O)NC1CCCC1)c1ccccc1)c1ccco1. The molecule has 1 aliphatic rings. The number of carbonyl (C=O) groups excluding carboxylic acids is 3. The predicted molar refractivity (Wildman–Crippen MR) is 122 cm³/mol. The molecule has 33 heavy (non-hydrogen) atoms. The van der Waals surface area contributed by atoms with Gasteiger partial charge in [-0.2, -0.15) is 0 Å². The Bertz CT molecular complexity index is 1060. The van der Waals surface area contributed by atoms with Gasteiger partial charge in [-0.15, -0.1) is 0 Å². The number of benzene rings is 1. The summed E-state index contributed by atoms with van der Waals surface area (Å²) in [4.78, 5) is 44.8. The van der Waals surface area contributed by atoms with Crippen molar-refractivity contribution in [3.05, 3.63) is 84.6 Å². The number of carbonyl (C=O) groups is 3.